The molecule has 3 aliphatic rings. The Morgan fingerprint density at radius 2 is 1.79 bits per heavy atom. The zero-order valence-corrected chi connectivity index (χ0v) is 16.1. The molecule has 2 fully saturated rings. The lowest BCUT2D eigenvalue weighted by atomic mass is 9.67. The maximum atomic E-state index is 11.9. The Balaban J connectivity index is 1.70. The fraction of sp³-hybridized carbons (Fsp3) is 0.435. The topological polar surface area (TPSA) is 67.8 Å². The first-order valence-corrected chi connectivity index (χ1v) is 9.97. The summed E-state index contributed by atoms with van der Waals surface area (Å²) in [7, 11) is 3.31. The predicted molar refractivity (Wildman–Crippen MR) is 106 cm³/mol. The van der Waals surface area contributed by atoms with Crippen LogP contribution < -0.4 is 14.8 Å². The lowest BCUT2D eigenvalue weighted by molar-refractivity contribution is 0.0697. The van der Waals surface area contributed by atoms with Crippen molar-refractivity contribution < 1.29 is 19.4 Å². The van der Waals surface area contributed by atoms with Gasteiger partial charge in [-0.2, -0.15) is 0 Å². The van der Waals surface area contributed by atoms with E-state index in [1.165, 1.54) is 24.8 Å². The second-order valence-corrected chi connectivity index (χ2v) is 8.22. The molecule has 1 aliphatic heterocycles. The van der Waals surface area contributed by atoms with Gasteiger partial charge in [0.1, 0.15) is 0 Å². The first kappa shape index (κ1) is 17.4. The van der Waals surface area contributed by atoms with Crippen LogP contribution in [0.4, 0.5) is 5.69 Å². The molecule has 0 radical (unpaired) electrons. The highest BCUT2D eigenvalue weighted by Crippen LogP contribution is 2.64. The van der Waals surface area contributed by atoms with Gasteiger partial charge in [-0.05, 0) is 60.6 Å². The van der Waals surface area contributed by atoms with Crippen molar-refractivity contribution in [3.8, 4) is 11.5 Å². The van der Waals surface area contributed by atoms with E-state index in [1.807, 2.05) is 18.2 Å². The molecule has 5 heteroatoms. The van der Waals surface area contributed by atoms with Gasteiger partial charge in [-0.1, -0.05) is 24.3 Å². The summed E-state index contributed by atoms with van der Waals surface area (Å²) in [4.78, 5) is 11.9. The van der Waals surface area contributed by atoms with Crippen LogP contribution in [0.25, 0.3) is 0 Å². The normalized spacial score (nSPS) is 29.6. The van der Waals surface area contributed by atoms with E-state index in [2.05, 4.69) is 17.4 Å². The highest BCUT2D eigenvalue weighted by atomic mass is 16.5. The van der Waals surface area contributed by atoms with Crippen LogP contribution in [0.15, 0.2) is 36.4 Å². The molecule has 0 saturated heterocycles. The minimum absolute atomic E-state index is 0.0124. The number of para-hydroxylation sites is 2. The largest absolute Gasteiger partial charge is 0.493 e. The quantitative estimate of drug-likeness (QED) is 0.806. The lowest BCUT2D eigenvalue weighted by Crippen LogP contribution is -2.36. The number of nitrogens with one attached hydrogen (secondary N) is 1. The molecule has 0 spiro atoms. The highest BCUT2D eigenvalue weighted by Gasteiger charge is 2.54. The molecular weight excluding hydrogens is 354 g/mol. The monoisotopic (exact) mass is 379 g/mol. The van der Waals surface area contributed by atoms with Crippen LogP contribution in [-0.2, 0) is 0 Å². The van der Waals surface area contributed by atoms with Crippen molar-refractivity contribution >= 4 is 11.7 Å². The van der Waals surface area contributed by atoms with Gasteiger partial charge < -0.3 is 19.9 Å². The zero-order valence-electron chi connectivity index (χ0n) is 16.1. The highest BCUT2D eigenvalue weighted by molar-refractivity contribution is 5.95. The van der Waals surface area contributed by atoms with E-state index in [0.29, 0.717) is 35.0 Å². The van der Waals surface area contributed by atoms with Crippen molar-refractivity contribution in [3.63, 3.8) is 0 Å². The van der Waals surface area contributed by atoms with E-state index in [0.717, 1.165) is 17.0 Å². The number of aromatic carboxylic acids is 1. The standard InChI is InChI=1S/C23H25NO4/c1-27-17-8-4-6-15(22(17)28-2)21-19-13-10-9-12(11-13)18(19)14-5-3-7-16(23(25)26)20(14)24-21/h3-8,12-13,18-19,21,24H,9-11H2,1-2H3,(H,25,26)/t12-,13-,18+,19+,21-/m0/s1. The molecule has 0 aromatic heterocycles. The fourth-order valence-electron chi connectivity index (χ4n) is 6.16. The van der Waals surface area contributed by atoms with Crippen molar-refractivity contribution in [3.05, 3.63) is 53.1 Å². The number of benzene rings is 2. The summed E-state index contributed by atoms with van der Waals surface area (Å²) in [6.07, 6.45) is 3.73. The molecule has 2 aliphatic carbocycles. The Kier molecular flexibility index (Phi) is 4.00. The third-order valence-corrected chi connectivity index (χ3v) is 7.12. The van der Waals surface area contributed by atoms with E-state index in [9.17, 15) is 9.90 Å². The molecule has 5 rings (SSSR count). The molecule has 0 unspecified atom stereocenters. The number of carbonyl (C=O) groups is 1. The maximum Gasteiger partial charge on any atom is 0.337 e. The number of rotatable bonds is 4. The summed E-state index contributed by atoms with van der Waals surface area (Å²) < 4.78 is 11.3. The zero-order chi connectivity index (χ0) is 19.4. The molecule has 1 heterocycles. The second kappa shape index (κ2) is 6.43. The minimum Gasteiger partial charge on any atom is -0.493 e. The number of hydrogen-bond acceptors (Lipinski definition) is 4. The average Bonchev–Trinajstić information content (AvgIpc) is 3.34. The molecule has 28 heavy (non-hydrogen) atoms. The van der Waals surface area contributed by atoms with Crippen LogP contribution >= 0.6 is 0 Å². The average molecular weight is 379 g/mol. The van der Waals surface area contributed by atoms with E-state index in [4.69, 9.17) is 9.47 Å². The number of anilines is 1. The third-order valence-electron chi connectivity index (χ3n) is 7.12. The molecule has 2 saturated carbocycles. The summed E-state index contributed by atoms with van der Waals surface area (Å²) in [5, 5.41) is 13.4. The number of hydrogen-bond donors (Lipinski definition) is 2. The van der Waals surface area contributed by atoms with Crippen LogP contribution in [-0.4, -0.2) is 25.3 Å². The molecule has 146 valence electrons. The van der Waals surface area contributed by atoms with Gasteiger partial charge in [0.2, 0.25) is 0 Å². The van der Waals surface area contributed by atoms with Crippen LogP contribution in [0.5, 0.6) is 11.5 Å². The Labute approximate surface area is 164 Å². The maximum absolute atomic E-state index is 11.9. The van der Waals surface area contributed by atoms with Crippen LogP contribution in [0, 0.1) is 17.8 Å². The number of methoxy groups -OCH3 is 2. The van der Waals surface area contributed by atoms with Crippen LogP contribution in [0.2, 0.25) is 0 Å². The van der Waals surface area contributed by atoms with Crippen molar-refractivity contribution in [2.24, 2.45) is 17.8 Å². The van der Waals surface area contributed by atoms with Gasteiger partial charge in [0, 0.05) is 5.56 Å². The Morgan fingerprint density at radius 1 is 1.04 bits per heavy atom. The van der Waals surface area contributed by atoms with Gasteiger partial charge in [-0.15, -0.1) is 0 Å². The van der Waals surface area contributed by atoms with Crippen molar-refractivity contribution in [1.29, 1.82) is 0 Å². The van der Waals surface area contributed by atoms with Gasteiger partial charge in [0.05, 0.1) is 31.5 Å². The van der Waals surface area contributed by atoms with Crippen LogP contribution in [0.3, 0.4) is 0 Å². The SMILES string of the molecule is COc1cccc([C@@H]2Nc3c(C(=O)O)cccc3[C@H]3[C@H]4CC[C@@H](C4)[C@H]32)c1OC. The summed E-state index contributed by atoms with van der Waals surface area (Å²) in [5.41, 5.74) is 3.36. The predicted octanol–water partition coefficient (Wildman–Crippen LogP) is 4.70. The Bertz CT molecular complexity index is 940. The fourth-order valence-corrected chi connectivity index (χ4v) is 6.16. The van der Waals surface area contributed by atoms with Gasteiger partial charge in [0.15, 0.2) is 11.5 Å². The molecule has 2 aromatic carbocycles. The molecule has 0 amide bonds. The third kappa shape index (κ3) is 2.35. The summed E-state index contributed by atoms with van der Waals surface area (Å²) in [6.45, 7) is 0. The van der Waals surface area contributed by atoms with Gasteiger partial charge in [-0.25, -0.2) is 4.79 Å². The van der Waals surface area contributed by atoms with Crippen molar-refractivity contribution in [2.45, 2.75) is 31.2 Å². The molecule has 2 aromatic rings. The molecule has 2 N–H and O–H groups in total. The molecule has 5 atom stereocenters. The van der Waals surface area contributed by atoms with Crippen LogP contribution in [0.1, 0.15) is 52.7 Å². The minimum atomic E-state index is -0.887. The van der Waals surface area contributed by atoms with E-state index in [-0.39, 0.29) is 6.04 Å². The number of carboxylic acids is 1. The Hall–Kier alpha value is -2.69. The number of carboxylic acid groups (broad SMARTS) is 1. The second-order valence-electron chi connectivity index (χ2n) is 8.22. The smallest absolute Gasteiger partial charge is 0.337 e. The number of ether oxygens (including phenoxy) is 2. The lowest BCUT2D eigenvalue weighted by Gasteiger charge is -2.44. The first-order valence-electron chi connectivity index (χ1n) is 9.97. The van der Waals surface area contributed by atoms with E-state index in [1.54, 1.807) is 20.3 Å². The van der Waals surface area contributed by atoms with Gasteiger partial charge >= 0.3 is 5.97 Å². The molecule has 2 bridgehead atoms. The molecular formula is C23H25NO4. The van der Waals surface area contributed by atoms with E-state index < -0.39 is 5.97 Å². The summed E-state index contributed by atoms with van der Waals surface area (Å²) in [5.74, 6) is 2.69. The Morgan fingerprint density at radius 3 is 2.54 bits per heavy atom. The molecule has 5 nitrogen and oxygen atoms in total. The van der Waals surface area contributed by atoms with Crippen molar-refractivity contribution in [2.75, 3.05) is 19.5 Å². The first-order chi connectivity index (χ1) is 13.6. The van der Waals surface area contributed by atoms with Gasteiger partial charge in [0.25, 0.3) is 0 Å². The number of fused-ring (bicyclic) bond motifs is 7. The van der Waals surface area contributed by atoms with E-state index >= 15 is 0 Å². The van der Waals surface area contributed by atoms with Gasteiger partial charge in [-0.3, -0.25) is 0 Å². The summed E-state index contributed by atoms with van der Waals surface area (Å²) >= 11 is 0. The van der Waals surface area contributed by atoms with Crippen molar-refractivity contribution in [1.82, 2.24) is 0 Å². The summed E-state index contributed by atoms with van der Waals surface area (Å²) in [6, 6.07) is 11.7.